The highest BCUT2D eigenvalue weighted by Gasteiger charge is 2.55. The Kier molecular flexibility index (Phi) is 5.55. The minimum atomic E-state index is -0.772. The SMILES string of the molecule is CC(C)C(NC(=O)C12CC3CC(CC(C3)C1)C2)C(=O)NNC(=O)c1ccccc1F. The van der Waals surface area contributed by atoms with Gasteiger partial charge in [-0.1, -0.05) is 26.0 Å². The number of carbonyl (C=O) groups excluding carboxylic acids is 3. The molecule has 0 heterocycles. The van der Waals surface area contributed by atoms with Crippen LogP contribution in [0.2, 0.25) is 0 Å². The Hall–Kier alpha value is -2.44. The Morgan fingerprint density at radius 1 is 0.967 bits per heavy atom. The van der Waals surface area contributed by atoms with E-state index in [1.165, 1.54) is 37.5 Å². The van der Waals surface area contributed by atoms with E-state index in [-0.39, 0.29) is 22.8 Å². The zero-order chi connectivity index (χ0) is 21.5. The van der Waals surface area contributed by atoms with Gasteiger partial charge in [-0.05, 0) is 74.3 Å². The number of rotatable bonds is 5. The monoisotopic (exact) mass is 415 g/mol. The molecule has 4 fully saturated rings. The molecule has 0 aromatic heterocycles. The zero-order valence-corrected chi connectivity index (χ0v) is 17.5. The molecule has 0 aliphatic heterocycles. The van der Waals surface area contributed by atoms with Crippen LogP contribution in [0.25, 0.3) is 0 Å². The third-order valence-electron chi connectivity index (χ3n) is 7.17. The largest absolute Gasteiger partial charge is 0.344 e. The van der Waals surface area contributed by atoms with Crippen LogP contribution in [0.15, 0.2) is 24.3 Å². The quantitative estimate of drug-likeness (QED) is 0.646. The van der Waals surface area contributed by atoms with Crippen LogP contribution in [0.5, 0.6) is 0 Å². The van der Waals surface area contributed by atoms with Crippen LogP contribution >= 0.6 is 0 Å². The topological polar surface area (TPSA) is 87.3 Å². The smallest absolute Gasteiger partial charge is 0.272 e. The number of hydrogen-bond donors (Lipinski definition) is 3. The van der Waals surface area contributed by atoms with E-state index >= 15 is 0 Å². The molecular weight excluding hydrogens is 385 g/mol. The summed E-state index contributed by atoms with van der Waals surface area (Å²) >= 11 is 0. The van der Waals surface area contributed by atoms with Gasteiger partial charge in [-0.2, -0.15) is 0 Å². The van der Waals surface area contributed by atoms with Gasteiger partial charge in [0.25, 0.3) is 11.8 Å². The molecule has 4 bridgehead atoms. The van der Waals surface area contributed by atoms with Crippen molar-refractivity contribution in [3.63, 3.8) is 0 Å². The molecule has 6 nitrogen and oxygen atoms in total. The predicted molar refractivity (Wildman–Crippen MR) is 109 cm³/mol. The molecule has 3 amide bonds. The Bertz CT molecular complexity index is 819. The van der Waals surface area contributed by atoms with Crippen LogP contribution in [0.3, 0.4) is 0 Å². The second-order valence-corrected chi connectivity index (χ2v) is 9.82. The van der Waals surface area contributed by atoms with Crippen molar-refractivity contribution in [2.75, 3.05) is 0 Å². The van der Waals surface area contributed by atoms with Crippen LogP contribution in [0.1, 0.15) is 62.7 Å². The minimum absolute atomic E-state index is 0.0316. The van der Waals surface area contributed by atoms with Gasteiger partial charge in [0.05, 0.1) is 5.56 Å². The summed E-state index contributed by atoms with van der Waals surface area (Å²) < 4.78 is 13.8. The minimum Gasteiger partial charge on any atom is -0.344 e. The first kappa shape index (κ1) is 20.8. The van der Waals surface area contributed by atoms with E-state index in [0.717, 1.165) is 19.3 Å². The molecule has 4 aliphatic carbocycles. The average molecular weight is 416 g/mol. The summed E-state index contributed by atoms with van der Waals surface area (Å²) in [6, 6.07) is 4.78. The molecule has 4 aliphatic rings. The summed E-state index contributed by atoms with van der Waals surface area (Å²) in [6.07, 6.45) is 6.47. The van der Waals surface area contributed by atoms with Gasteiger partial charge >= 0.3 is 0 Å². The molecular formula is C23H30FN3O3. The van der Waals surface area contributed by atoms with Crippen molar-refractivity contribution in [3.8, 4) is 0 Å². The fourth-order valence-electron chi connectivity index (χ4n) is 6.13. The number of hydrogen-bond acceptors (Lipinski definition) is 3. The van der Waals surface area contributed by atoms with Crippen molar-refractivity contribution < 1.29 is 18.8 Å². The molecule has 1 aromatic rings. The number of nitrogens with one attached hydrogen (secondary N) is 3. The summed E-state index contributed by atoms with van der Waals surface area (Å²) in [5.74, 6) is -0.205. The number of halogens is 1. The highest BCUT2D eigenvalue weighted by Crippen LogP contribution is 2.60. The van der Waals surface area contributed by atoms with Gasteiger partial charge in [0.1, 0.15) is 11.9 Å². The van der Waals surface area contributed by atoms with E-state index in [0.29, 0.717) is 17.8 Å². The van der Waals surface area contributed by atoms with Crippen molar-refractivity contribution in [2.45, 2.75) is 58.4 Å². The van der Waals surface area contributed by atoms with Crippen molar-refractivity contribution in [1.82, 2.24) is 16.2 Å². The molecule has 5 rings (SSSR count). The fraction of sp³-hybridized carbons (Fsp3) is 0.609. The van der Waals surface area contributed by atoms with Crippen molar-refractivity contribution in [3.05, 3.63) is 35.6 Å². The van der Waals surface area contributed by atoms with Gasteiger partial charge in [-0.3, -0.25) is 25.2 Å². The highest BCUT2D eigenvalue weighted by atomic mass is 19.1. The van der Waals surface area contributed by atoms with Crippen molar-refractivity contribution in [1.29, 1.82) is 0 Å². The van der Waals surface area contributed by atoms with Crippen LogP contribution in [-0.2, 0) is 9.59 Å². The summed E-state index contributed by atoms with van der Waals surface area (Å²) in [4.78, 5) is 38.2. The molecule has 1 aromatic carbocycles. The number of hydrazine groups is 1. The van der Waals surface area contributed by atoms with Crippen LogP contribution in [0.4, 0.5) is 4.39 Å². The second-order valence-electron chi connectivity index (χ2n) is 9.82. The normalized spacial score (nSPS) is 30.1. The number of amides is 3. The maximum atomic E-state index is 13.8. The first-order valence-electron chi connectivity index (χ1n) is 10.9. The van der Waals surface area contributed by atoms with E-state index in [1.54, 1.807) is 6.07 Å². The van der Waals surface area contributed by atoms with E-state index in [4.69, 9.17) is 0 Å². The Labute approximate surface area is 176 Å². The van der Waals surface area contributed by atoms with E-state index in [1.807, 2.05) is 13.8 Å². The van der Waals surface area contributed by atoms with Crippen LogP contribution in [0, 0.1) is 34.9 Å². The maximum Gasteiger partial charge on any atom is 0.272 e. The zero-order valence-electron chi connectivity index (χ0n) is 17.5. The second kappa shape index (κ2) is 8.00. The van der Waals surface area contributed by atoms with Gasteiger partial charge in [0.15, 0.2) is 0 Å². The van der Waals surface area contributed by atoms with Gasteiger partial charge < -0.3 is 5.32 Å². The van der Waals surface area contributed by atoms with Crippen LogP contribution in [-0.4, -0.2) is 23.8 Å². The summed E-state index contributed by atoms with van der Waals surface area (Å²) in [7, 11) is 0. The molecule has 30 heavy (non-hydrogen) atoms. The van der Waals surface area contributed by atoms with Gasteiger partial charge in [-0.15, -0.1) is 0 Å². The molecule has 162 valence electrons. The molecule has 4 saturated carbocycles. The molecule has 3 N–H and O–H groups in total. The molecule has 0 spiro atoms. The molecule has 0 radical (unpaired) electrons. The Balaban J connectivity index is 1.39. The van der Waals surface area contributed by atoms with Crippen molar-refractivity contribution >= 4 is 17.7 Å². The molecule has 1 unspecified atom stereocenters. The molecule has 0 saturated heterocycles. The van der Waals surface area contributed by atoms with Gasteiger partial charge in [0, 0.05) is 5.41 Å². The fourth-order valence-corrected chi connectivity index (χ4v) is 6.13. The van der Waals surface area contributed by atoms with E-state index < -0.39 is 23.7 Å². The maximum absolute atomic E-state index is 13.8. The third kappa shape index (κ3) is 3.94. The Morgan fingerprint density at radius 2 is 1.53 bits per heavy atom. The van der Waals surface area contributed by atoms with E-state index in [2.05, 4.69) is 16.2 Å². The highest BCUT2D eigenvalue weighted by molar-refractivity contribution is 5.97. The summed E-state index contributed by atoms with van der Waals surface area (Å²) in [6.45, 7) is 3.70. The van der Waals surface area contributed by atoms with Gasteiger partial charge in [-0.25, -0.2) is 4.39 Å². The Morgan fingerprint density at radius 3 is 2.07 bits per heavy atom. The predicted octanol–water partition coefficient (Wildman–Crippen LogP) is 2.94. The standard InChI is InChI=1S/C23H30FN3O3/c1-13(2)19(21(29)27-26-20(28)17-5-3-4-6-18(17)24)25-22(30)23-10-14-7-15(11-23)9-16(8-14)12-23/h3-6,13-16,19H,7-12H2,1-2H3,(H,25,30)(H,26,28)(H,27,29). The lowest BCUT2D eigenvalue weighted by Crippen LogP contribution is -2.59. The summed E-state index contributed by atoms with van der Waals surface area (Å²) in [5.41, 5.74) is 4.10. The van der Waals surface area contributed by atoms with Gasteiger partial charge in [0.2, 0.25) is 5.91 Å². The number of benzene rings is 1. The van der Waals surface area contributed by atoms with Crippen LogP contribution < -0.4 is 16.2 Å². The lowest BCUT2D eigenvalue weighted by Gasteiger charge is -2.55. The molecule has 7 heteroatoms. The van der Waals surface area contributed by atoms with E-state index in [9.17, 15) is 18.8 Å². The molecule has 1 atom stereocenters. The average Bonchev–Trinajstić information content (AvgIpc) is 2.68. The first-order valence-corrected chi connectivity index (χ1v) is 10.9. The lowest BCUT2D eigenvalue weighted by molar-refractivity contribution is -0.149. The number of carbonyl (C=O) groups is 3. The lowest BCUT2D eigenvalue weighted by atomic mass is 9.49. The summed E-state index contributed by atoms with van der Waals surface area (Å²) in [5, 5.41) is 2.97. The first-order chi connectivity index (χ1) is 14.3. The van der Waals surface area contributed by atoms with Crippen molar-refractivity contribution in [2.24, 2.45) is 29.1 Å². The third-order valence-corrected chi connectivity index (χ3v) is 7.17.